The second kappa shape index (κ2) is 6.37. The summed E-state index contributed by atoms with van der Waals surface area (Å²) < 4.78 is -3.68. The first-order valence-corrected chi connectivity index (χ1v) is 7.02. The summed E-state index contributed by atoms with van der Waals surface area (Å²) >= 11 is 34.4. The predicted octanol–water partition coefficient (Wildman–Crippen LogP) is 4.06. The van der Waals surface area contributed by atoms with Gasteiger partial charge in [-0.15, -0.1) is 0 Å². The number of aromatic nitrogens is 3. The smallest absolute Gasteiger partial charge is 0.250 e. The standard InChI is InChI=1S/C9H8Cl6N4/c1-19(2)4-3-5-16-6(8(10,11)12)18-7(17-5)9(13,14)15/h3-4H,1-2H3/b4-3-. The van der Waals surface area contributed by atoms with Crippen molar-refractivity contribution in [1.29, 1.82) is 0 Å². The SMILES string of the molecule is CN(C)/C=C\c1nc(C(Cl)(Cl)Cl)nc(C(Cl)(Cl)Cl)n1. The third-order valence-corrected chi connectivity index (χ3v) is 2.70. The third-order valence-electron chi connectivity index (χ3n) is 1.68. The minimum Gasteiger partial charge on any atom is -0.383 e. The van der Waals surface area contributed by atoms with Gasteiger partial charge in [0.1, 0.15) is 0 Å². The Morgan fingerprint density at radius 1 is 0.842 bits per heavy atom. The molecule has 0 aromatic carbocycles. The summed E-state index contributed by atoms with van der Waals surface area (Å²) in [5.41, 5.74) is 0. The van der Waals surface area contributed by atoms with Crippen molar-refractivity contribution in [3.05, 3.63) is 23.7 Å². The van der Waals surface area contributed by atoms with Crippen molar-refractivity contribution in [3.8, 4) is 0 Å². The van der Waals surface area contributed by atoms with Crippen LogP contribution in [0.3, 0.4) is 0 Å². The van der Waals surface area contributed by atoms with Gasteiger partial charge in [0.25, 0.3) is 0 Å². The summed E-state index contributed by atoms with van der Waals surface area (Å²) in [6.07, 6.45) is 3.27. The number of rotatable bonds is 2. The van der Waals surface area contributed by atoms with Crippen LogP contribution in [0.2, 0.25) is 0 Å². The van der Waals surface area contributed by atoms with Crippen molar-refractivity contribution in [2.24, 2.45) is 0 Å². The minimum atomic E-state index is -1.84. The molecule has 0 aliphatic carbocycles. The van der Waals surface area contributed by atoms with Gasteiger partial charge in [-0.2, -0.15) is 0 Å². The molecule has 0 aliphatic heterocycles. The van der Waals surface area contributed by atoms with Crippen molar-refractivity contribution in [2.75, 3.05) is 14.1 Å². The van der Waals surface area contributed by atoms with E-state index in [1.165, 1.54) is 0 Å². The average Bonchev–Trinajstić information content (AvgIpc) is 2.23. The highest BCUT2D eigenvalue weighted by molar-refractivity contribution is 6.67. The minimum absolute atomic E-state index is 0.118. The molecular weight excluding hydrogens is 377 g/mol. The zero-order valence-electron chi connectivity index (χ0n) is 9.71. The van der Waals surface area contributed by atoms with Crippen LogP contribution in [0, 0.1) is 0 Å². The van der Waals surface area contributed by atoms with E-state index in [0.29, 0.717) is 0 Å². The molecule has 0 bridgehead atoms. The van der Waals surface area contributed by atoms with Crippen LogP contribution in [0.4, 0.5) is 0 Å². The van der Waals surface area contributed by atoms with Crippen molar-refractivity contribution < 1.29 is 0 Å². The van der Waals surface area contributed by atoms with Crippen LogP contribution in [0.1, 0.15) is 17.5 Å². The maximum Gasteiger partial charge on any atom is 0.250 e. The first-order valence-electron chi connectivity index (χ1n) is 4.75. The number of hydrogen-bond acceptors (Lipinski definition) is 4. The molecule has 0 amide bonds. The van der Waals surface area contributed by atoms with E-state index in [-0.39, 0.29) is 17.5 Å². The fraction of sp³-hybridized carbons (Fsp3) is 0.444. The summed E-state index contributed by atoms with van der Waals surface area (Å²) in [4.78, 5) is 13.6. The fourth-order valence-corrected chi connectivity index (χ4v) is 1.44. The molecule has 0 saturated carbocycles. The Kier molecular flexibility index (Phi) is 5.82. The average molecular weight is 385 g/mol. The molecule has 0 fully saturated rings. The normalized spacial score (nSPS) is 13.1. The van der Waals surface area contributed by atoms with Gasteiger partial charge in [0, 0.05) is 20.3 Å². The fourth-order valence-electron chi connectivity index (χ4n) is 0.936. The predicted molar refractivity (Wildman–Crippen MR) is 81.0 cm³/mol. The van der Waals surface area contributed by atoms with Gasteiger partial charge in [0.2, 0.25) is 7.59 Å². The second-order valence-electron chi connectivity index (χ2n) is 3.62. The molecule has 1 heterocycles. The zero-order chi connectivity index (χ0) is 14.8. The molecule has 0 spiro atoms. The molecule has 0 unspecified atom stereocenters. The van der Waals surface area contributed by atoms with Crippen LogP contribution in [0.15, 0.2) is 6.20 Å². The maximum atomic E-state index is 5.73. The lowest BCUT2D eigenvalue weighted by atomic mass is 10.5. The molecular formula is C9H8Cl6N4. The number of hydrogen-bond donors (Lipinski definition) is 0. The number of nitrogens with zero attached hydrogens (tertiary/aromatic N) is 4. The molecule has 19 heavy (non-hydrogen) atoms. The second-order valence-corrected chi connectivity index (χ2v) is 8.18. The lowest BCUT2D eigenvalue weighted by molar-refractivity contribution is 0.567. The van der Waals surface area contributed by atoms with E-state index in [1.54, 1.807) is 17.2 Å². The van der Waals surface area contributed by atoms with Crippen molar-refractivity contribution in [1.82, 2.24) is 19.9 Å². The summed E-state index contributed by atoms with van der Waals surface area (Å²) in [5.74, 6) is -0.0224. The highest BCUT2D eigenvalue weighted by Gasteiger charge is 2.33. The van der Waals surface area contributed by atoms with Gasteiger partial charge in [-0.25, -0.2) is 15.0 Å². The third kappa shape index (κ3) is 5.66. The Labute approximate surface area is 140 Å². The van der Waals surface area contributed by atoms with E-state index in [4.69, 9.17) is 69.6 Å². The Hall–Kier alpha value is 0.290. The van der Waals surface area contributed by atoms with Crippen LogP contribution in [-0.2, 0) is 7.59 Å². The van der Waals surface area contributed by atoms with Gasteiger partial charge in [-0.05, 0) is 6.08 Å². The first-order chi connectivity index (χ1) is 8.50. The van der Waals surface area contributed by atoms with E-state index in [9.17, 15) is 0 Å². The van der Waals surface area contributed by atoms with E-state index in [2.05, 4.69) is 15.0 Å². The van der Waals surface area contributed by atoms with E-state index < -0.39 is 7.59 Å². The highest BCUT2D eigenvalue weighted by Crippen LogP contribution is 2.39. The Balaban J connectivity index is 3.33. The molecule has 0 atom stereocenters. The van der Waals surface area contributed by atoms with Crippen LogP contribution >= 0.6 is 69.6 Å². The summed E-state index contributed by atoms with van der Waals surface area (Å²) in [5, 5.41) is 0. The monoisotopic (exact) mass is 382 g/mol. The van der Waals surface area contributed by atoms with E-state index in [0.717, 1.165) is 0 Å². The molecule has 0 radical (unpaired) electrons. The van der Waals surface area contributed by atoms with E-state index >= 15 is 0 Å². The summed E-state index contributed by atoms with van der Waals surface area (Å²) in [6.45, 7) is 0. The Bertz CT molecular complexity index is 444. The number of alkyl halides is 6. The highest BCUT2D eigenvalue weighted by atomic mass is 35.6. The maximum absolute atomic E-state index is 5.73. The molecule has 0 aliphatic rings. The van der Waals surface area contributed by atoms with Crippen LogP contribution < -0.4 is 0 Å². The van der Waals surface area contributed by atoms with Crippen molar-refractivity contribution in [3.63, 3.8) is 0 Å². The van der Waals surface area contributed by atoms with Gasteiger partial charge in [-0.1, -0.05) is 69.6 Å². The summed E-state index contributed by atoms with van der Waals surface area (Å²) in [6, 6.07) is 0. The Morgan fingerprint density at radius 3 is 1.58 bits per heavy atom. The molecule has 0 saturated heterocycles. The quantitative estimate of drug-likeness (QED) is 0.721. The lowest BCUT2D eigenvalue weighted by Gasteiger charge is -2.14. The molecule has 10 heteroatoms. The van der Waals surface area contributed by atoms with Crippen LogP contribution in [0.5, 0.6) is 0 Å². The van der Waals surface area contributed by atoms with Gasteiger partial charge in [0.15, 0.2) is 17.5 Å². The van der Waals surface area contributed by atoms with Crippen molar-refractivity contribution in [2.45, 2.75) is 7.59 Å². The van der Waals surface area contributed by atoms with Gasteiger partial charge in [-0.3, -0.25) is 0 Å². The molecule has 4 nitrogen and oxygen atoms in total. The topological polar surface area (TPSA) is 41.9 Å². The molecule has 106 valence electrons. The van der Waals surface area contributed by atoms with E-state index in [1.807, 2.05) is 14.1 Å². The van der Waals surface area contributed by atoms with Gasteiger partial charge >= 0.3 is 0 Å². The number of halogens is 6. The molecule has 1 aromatic rings. The van der Waals surface area contributed by atoms with Crippen molar-refractivity contribution >= 4 is 75.7 Å². The van der Waals surface area contributed by atoms with Gasteiger partial charge < -0.3 is 4.90 Å². The molecule has 1 rings (SSSR count). The molecule has 1 aromatic heterocycles. The van der Waals surface area contributed by atoms with Crippen LogP contribution in [0.25, 0.3) is 6.08 Å². The zero-order valence-corrected chi connectivity index (χ0v) is 14.2. The van der Waals surface area contributed by atoms with Gasteiger partial charge in [0.05, 0.1) is 0 Å². The largest absolute Gasteiger partial charge is 0.383 e. The Morgan fingerprint density at radius 2 is 1.26 bits per heavy atom. The molecule has 0 N–H and O–H groups in total. The van der Waals surface area contributed by atoms with Crippen LogP contribution in [-0.4, -0.2) is 33.9 Å². The first kappa shape index (κ1) is 17.3. The summed E-state index contributed by atoms with van der Waals surface area (Å²) in [7, 11) is 3.65. The lowest BCUT2D eigenvalue weighted by Crippen LogP contribution is -2.17.